The average Bonchev–Trinajstić information content (AvgIpc) is 2.90. The van der Waals surface area contributed by atoms with Crippen LogP contribution in [0.3, 0.4) is 0 Å². The molecule has 4 heteroatoms. The van der Waals surface area contributed by atoms with Gasteiger partial charge in [-0.1, -0.05) is 12.1 Å². The summed E-state index contributed by atoms with van der Waals surface area (Å²) in [6.45, 7) is 4.49. The van der Waals surface area contributed by atoms with Crippen LogP contribution in [0.15, 0.2) is 36.7 Å². The molecule has 0 unspecified atom stereocenters. The van der Waals surface area contributed by atoms with Crippen LogP contribution < -0.4 is 5.32 Å². The first-order valence-electron chi connectivity index (χ1n) is 5.86. The number of benzene rings is 1. The average molecular weight is 240 g/mol. The van der Waals surface area contributed by atoms with Gasteiger partial charge in [0.05, 0.1) is 18.0 Å². The smallest absolute Gasteiger partial charge is 0.125 e. The Bertz CT molecular complexity index is 532. The van der Waals surface area contributed by atoms with E-state index in [1.165, 1.54) is 0 Å². The molecule has 0 atom stereocenters. The van der Waals surface area contributed by atoms with Gasteiger partial charge in [-0.05, 0) is 31.5 Å². The number of nitriles is 1. The minimum Gasteiger partial charge on any atom is -0.378 e. The van der Waals surface area contributed by atoms with Gasteiger partial charge in [0.1, 0.15) is 5.82 Å². The summed E-state index contributed by atoms with van der Waals surface area (Å²) in [5.74, 6) is 0.899. The van der Waals surface area contributed by atoms with Crippen molar-refractivity contribution in [1.29, 1.82) is 5.26 Å². The Labute approximate surface area is 107 Å². The Morgan fingerprint density at radius 2 is 2.06 bits per heavy atom. The second-order valence-electron chi connectivity index (χ2n) is 4.70. The number of aromatic nitrogens is 2. The van der Waals surface area contributed by atoms with Crippen molar-refractivity contribution < 1.29 is 0 Å². The third kappa shape index (κ3) is 2.69. The van der Waals surface area contributed by atoms with Crippen LogP contribution in [-0.4, -0.2) is 9.97 Å². The van der Waals surface area contributed by atoms with Crippen LogP contribution in [0.25, 0.3) is 0 Å². The molecule has 2 N–H and O–H groups in total. The molecular formula is C14H16N4. The monoisotopic (exact) mass is 240 g/mol. The second-order valence-corrected chi connectivity index (χ2v) is 4.70. The van der Waals surface area contributed by atoms with Crippen molar-refractivity contribution in [3.05, 3.63) is 48.0 Å². The SMILES string of the molecule is CC(C)(C#N)c1ccc(NCc2ncc[nH]2)cc1. The molecule has 2 aromatic rings. The van der Waals surface area contributed by atoms with Gasteiger partial charge in [0.25, 0.3) is 0 Å². The van der Waals surface area contributed by atoms with E-state index in [4.69, 9.17) is 5.26 Å². The molecule has 0 aliphatic carbocycles. The summed E-state index contributed by atoms with van der Waals surface area (Å²) in [7, 11) is 0. The highest BCUT2D eigenvalue weighted by Crippen LogP contribution is 2.23. The van der Waals surface area contributed by atoms with Crippen molar-refractivity contribution in [2.75, 3.05) is 5.32 Å². The minimum atomic E-state index is -0.445. The number of imidazole rings is 1. The maximum Gasteiger partial charge on any atom is 0.125 e. The number of rotatable bonds is 4. The van der Waals surface area contributed by atoms with Gasteiger partial charge in [-0.3, -0.25) is 0 Å². The zero-order valence-corrected chi connectivity index (χ0v) is 10.6. The van der Waals surface area contributed by atoms with Crippen molar-refractivity contribution in [3.8, 4) is 6.07 Å². The molecule has 0 aliphatic rings. The molecule has 0 saturated carbocycles. The highest BCUT2D eigenvalue weighted by molar-refractivity contribution is 5.46. The molecule has 0 fully saturated rings. The van der Waals surface area contributed by atoms with E-state index in [9.17, 15) is 0 Å². The normalized spacial score (nSPS) is 10.9. The van der Waals surface area contributed by atoms with Gasteiger partial charge < -0.3 is 10.3 Å². The third-order valence-electron chi connectivity index (χ3n) is 2.90. The number of anilines is 1. The zero-order chi connectivity index (χ0) is 13.0. The number of nitrogens with zero attached hydrogens (tertiary/aromatic N) is 2. The summed E-state index contributed by atoms with van der Waals surface area (Å²) in [6, 6.07) is 10.2. The van der Waals surface area contributed by atoms with Crippen LogP contribution in [0.2, 0.25) is 0 Å². The fourth-order valence-electron chi connectivity index (χ4n) is 1.65. The van der Waals surface area contributed by atoms with Gasteiger partial charge in [-0.2, -0.15) is 5.26 Å². The van der Waals surface area contributed by atoms with Gasteiger partial charge >= 0.3 is 0 Å². The van der Waals surface area contributed by atoms with Gasteiger partial charge in [0.15, 0.2) is 0 Å². The molecule has 1 aromatic heterocycles. The van der Waals surface area contributed by atoms with Crippen molar-refractivity contribution in [1.82, 2.24) is 9.97 Å². The van der Waals surface area contributed by atoms with E-state index < -0.39 is 5.41 Å². The van der Waals surface area contributed by atoms with Gasteiger partial charge in [0, 0.05) is 18.1 Å². The fourth-order valence-corrected chi connectivity index (χ4v) is 1.65. The lowest BCUT2D eigenvalue weighted by atomic mass is 9.86. The molecule has 0 aliphatic heterocycles. The Morgan fingerprint density at radius 3 is 2.61 bits per heavy atom. The van der Waals surface area contributed by atoms with E-state index in [0.717, 1.165) is 17.1 Å². The molecule has 4 nitrogen and oxygen atoms in total. The molecule has 92 valence electrons. The quantitative estimate of drug-likeness (QED) is 0.863. The summed E-state index contributed by atoms with van der Waals surface area (Å²) in [5, 5.41) is 12.3. The Kier molecular flexibility index (Phi) is 3.33. The minimum absolute atomic E-state index is 0.445. The van der Waals surface area contributed by atoms with E-state index in [1.807, 2.05) is 38.1 Å². The van der Waals surface area contributed by atoms with Crippen LogP contribution >= 0.6 is 0 Å². The molecule has 1 heterocycles. The Balaban J connectivity index is 2.02. The molecule has 2 rings (SSSR count). The van der Waals surface area contributed by atoms with Crippen LogP contribution in [0.1, 0.15) is 25.2 Å². The van der Waals surface area contributed by atoms with Gasteiger partial charge in [0.2, 0.25) is 0 Å². The largest absolute Gasteiger partial charge is 0.378 e. The maximum absolute atomic E-state index is 9.07. The third-order valence-corrected chi connectivity index (χ3v) is 2.90. The first kappa shape index (κ1) is 12.2. The second kappa shape index (κ2) is 4.92. The molecule has 1 aromatic carbocycles. The summed E-state index contributed by atoms with van der Waals surface area (Å²) in [4.78, 5) is 7.18. The molecule has 0 radical (unpaired) electrons. The maximum atomic E-state index is 9.07. The lowest BCUT2D eigenvalue weighted by Gasteiger charge is -2.16. The number of H-pyrrole nitrogens is 1. The highest BCUT2D eigenvalue weighted by atomic mass is 15.0. The summed E-state index contributed by atoms with van der Waals surface area (Å²) < 4.78 is 0. The number of hydrogen-bond acceptors (Lipinski definition) is 3. The molecule has 18 heavy (non-hydrogen) atoms. The van der Waals surface area contributed by atoms with Crippen LogP contribution in [0.4, 0.5) is 5.69 Å². The van der Waals surface area contributed by atoms with Gasteiger partial charge in [-0.15, -0.1) is 0 Å². The molecule has 0 spiro atoms. The summed E-state index contributed by atoms with van der Waals surface area (Å²) >= 11 is 0. The van der Waals surface area contributed by atoms with Crippen molar-refractivity contribution >= 4 is 5.69 Å². The van der Waals surface area contributed by atoms with Crippen LogP contribution in [-0.2, 0) is 12.0 Å². The van der Waals surface area contributed by atoms with E-state index >= 15 is 0 Å². The number of aromatic amines is 1. The lowest BCUT2D eigenvalue weighted by molar-refractivity contribution is 0.687. The molecule has 0 amide bonds. The van der Waals surface area contributed by atoms with Crippen molar-refractivity contribution in [2.24, 2.45) is 0 Å². The number of hydrogen-bond donors (Lipinski definition) is 2. The predicted molar refractivity (Wildman–Crippen MR) is 71.0 cm³/mol. The fraction of sp³-hybridized carbons (Fsp3) is 0.286. The molecule has 0 bridgehead atoms. The number of nitrogens with one attached hydrogen (secondary N) is 2. The van der Waals surface area contributed by atoms with E-state index in [1.54, 1.807) is 12.4 Å². The van der Waals surface area contributed by atoms with E-state index in [-0.39, 0.29) is 0 Å². The topological polar surface area (TPSA) is 64.5 Å². The Morgan fingerprint density at radius 1 is 1.33 bits per heavy atom. The van der Waals surface area contributed by atoms with Crippen molar-refractivity contribution in [3.63, 3.8) is 0 Å². The predicted octanol–water partition coefficient (Wildman–Crippen LogP) is 2.82. The van der Waals surface area contributed by atoms with Crippen LogP contribution in [0, 0.1) is 11.3 Å². The first-order valence-corrected chi connectivity index (χ1v) is 5.86. The molecule has 0 saturated heterocycles. The Hall–Kier alpha value is -2.28. The summed E-state index contributed by atoms with van der Waals surface area (Å²) in [5.41, 5.74) is 1.59. The van der Waals surface area contributed by atoms with E-state index in [0.29, 0.717) is 6.54 Å². The standard InChI is InChI=1S/C14H16N4/c1-14(2,10-15)11-3-5-12(6-4-11)18-9-13-16-7-8-17-13/h3-8,18H,9H2,1-2H3,(H,16,17). The van der Waals surface area contributed by atoms with Gasteiger partial charge in [-0.25, -0.2) is 4.98 Å². The van der Waals surface area contributed by atoms with Crippen LogP contribution in [0.5, 0.6) is 0 Å². The summed E-state index contributed by atoms with van der Waals surface area (Å²) in [6.07, 6.45) is 3.53. The highest BCUT2D eigenvalue weighted by Gasteiger charge is 2.18. The zero-order valence-electron chi connectivity index (χ0n) is 10.6. The van der Waals surface area contributed by atoms with E-state index in [2.05, 4.69) is 21.4 Å². The van der Waals surface area contributed by atoms with Crippen molar-refractivity contribution in [2.45, 2.75) is 25.8 Å². The lowest BCUT2D eigenvalue weighted by Crippen LogP contribution is -2.13. The first-order chi connectivity index (χ1) is 8.62. The molecular weight excluding hydrogens is 224 g/mol.